The van der Waals surface area contributed by atoms with Gasteiger partial charge in [0.2, 0.25) is 10.0 Å². The number of methoxy groups -OCH3 is 1. The van der Waals surface area contributed by atoms with E-state index in [1.54, 1.807) is 12.1 Å². The number of carbonyl (C=O) groups excluding carboxylic acids is 1. The molecule has 0 atom stereocenters. The SMILES string of the molecule is C=C.CCOC(C)OCC.COc1cccc2c1C(=O)CN(CCCl)S2(=O)=O. The fourth-order valence-corrected chi connectivity index (χ4v) is 4.37. The van der Waals surface area contributed by atoms with Crippen molar-refractivity contribution in [2.24, 2.45) is 0 Å². The van der Waals surface area contributed by atoms with Gasteiger partial charge in [-0.3, -0.25) is 4.79 Å². The maximum Gasteiger partial charge on any atom is 0.244 e. The lowest BCUT2D eigenvalue weighted by atomic mass is 10.1. The van der Waals surface area contributed by atoms with E-state index >= 15 is 0 Å². The van der Waals surface area contributed by atoms with Crippen LogP contribution in [0.15, 0.2) is 36.3 Å². The molecule has 0 aromatic heterocycles. The lowest BCUT2D eigenvalue weighted by Crippen LogP contribution is -2.42. The fourth-order valence-electron chi connectivity index (χ4n) is 2.45. The predicted molar refractivity (Wildman–Crippen MR) is 111 cm³/mol. The molecule has 0 amide bonds. The summed E-state index contributed by atoms with van der Waals surface area (Å²) in [7, 11) is -2.26. The molecule has 1 aliphatic rings. The highest BCUT2D eigenvalue weighted by Crippen LogP contribution is 2.32. The largest absolute Gasteiger partial charge is 0.496 e. The molecule has 0 saturated heterocycles. The number of halogens is 1. The molecule has 0 N–H and O–H groups in total. The van der Waals surface area contributed by atoms with Crippen LogP contribution in [0.5, 0.6) is 5.75 Å². The second kappa shape index (κ2) is 13.7. The molecule has 0 radical (unpaired) electrons. The van der Waals surface area contributed by atoms with E-state index in [1.165, 1.54) is 13.2 Å². The molecule has 7 nitrogen and oxygen atoms in total. The van der Waals surface area contributed by atoms with Crippen LogP contribution >= 0.6 is 11.6 Å². The van der Waals surface area contributed by atoms with Crippen molar-refractivity contribution in [3.8, 4) is 5.75 Å². The first-order chi connectivity index (χ1) is 13.3. The first-order valence-electron chi connectivity index (χ1n) is 8.82. The van der Waals surface area contributed by atoms with E-state index in [0.29, 0.717) is 0 Å². The average Bonchev–Trinajstić information content (AvgIpc) is 2.68. The highest BCUT2D eigenvalue weighted by atomic mass is 35.5. The lowest BCUT2D eigenvalue weighted by Gasteiger charge is -2.27. The van der Waals surface area contributed by atoms with E-state index in [4.69, 9.17) is 25.8 Å². The smallest absolute Gasteiger partial charge is 0.244 e. The van der Waals surface area contributed by atoms with Crippen molar-refractivity contribution in [3.05, 3.63) is 36.9 Å². The number of nitrogens with zero attached hydrogens (tertiary/aromatic N) is 1. The van der Waals surface area contributed by atoms with Crippen molar-refractivity contribution >= 4 is 27.4 Å². The summed E-state index contributed by atoms with van der Waals surface area (Å²) in [6.07, 6.45) is -0.0370. The van der Waals surface area contributed by atoms with Gasteiger partial charge in [-0.2, -0.15) is 4.31 Å². The van der Waals surface area contributed by atoms with Gasteiger partial charge in [0.05, 0.1) is 24.1 Å². The van der Waals surface area contributed by atoms with Gasteiger partial charge < -0.3 is 14.2 Å². The molecule has 1 heterocycles. The third-order valence-corrected chi connectivity index (χ3v) is 5.62. The number of alkyl halides is 1. The van der Waals surface area contributed by atoms with Gasteiger partial charge in [0, 0.05) is 25.6 Å². The van der Waals surface area contributed by atoms with E-state index in [-0.39, 0.29) is 47.3 Å². The third kappa shape index (κ3) is 7.18. The molecule has 0 bridgehead atoms. The Bertz CT molecular complexity index is 704. The van der Waals surface area contributed by atoms with Crippen LogP contribution in [0.25, 0.3) is 0 Å². The molecule has 0 aliphatic carbocycles. The summed E-state index contributed by atoms with van der Waals surface area (Å²) in [5.41, 5.74) is 0.130. The molecule has 1 aromatic rings. The highest BCUT2D eigenvalue weighted by Gasteiger charge is 2.37. The quantitative estimate of drug-likeness (QED) is 0.371. The second-order valence-corrected chi connectivity index (χ2v) is 7.55. The van der Waals surface area contributed by atoms with E-state index < -0.39 is 10.0 Å². The Kier molecular flexibility index (Phi) is 13.0. The molecule has 1 aliphatic heterocycles. The molecule has 1 aromatic carbocycles. The number of ketones is 1. The second-order valence-electron chi connectivity index (χ2n) is 5.26. The van der Waals surface area contributed by atoms with Crippen LogP contribution in [-0.4, -0.2) is 64.1 Å². The van der Waals surface area contributed by atoms with Gasteiger partial charge in [-0.15, -0.1) is 24.8 Å². The zero-order valence-corrected chi connectivity index (χ0v) is 18.5. The van der Waals surface area contributed by atoms with Crippen LogP contribution in [0, 0.1) is 0 Å². The number of rotatable bonds is 7. The summed E-state index contributed by atoms with van der Waals surface area (Å²) in [4.78, 5) is 12.0. The van der Waals surface area contributed by atoms with Crippen LogP contribution < -0.4 is 4.74 Å². The molecule has 9 heteroatoms. The van der Waals surface area contributed by atoms with Gasteiger partial charge in [0.25, 0.3) is 0 Å². The van der Waals surface area contributed by atoms with E-state index in [2.05, 4.69) is 13.2 Å². The van der Waals surface area contributed by atoms with Crippen LogP contribution in [0.4, 0.5) is 0 Å². The van der Waals surface area contributed by atoms with Crippen molar-refractivity contribution in [2.75, 3.05) is 39.3 Å². The first-order valence-corrected chi connectivity index (χ1v) is 10.8. The van der Waals surface area contributed by atoms with Gasteiger partial charge in [-0.25, -0.2) is 8.42 Å². The Morgan fingerprint density at radius 1 is 1.21 bits per heavy atom. The number of fused-ring (bicyclic) bond motifs is 1. The Morgan fingerprint density at radius 3 is 2.25 bits per heavy atom. The number of Topliss-reactive ketones (excluding diaryl/α,β-unsaturated/α-hetero) is 1. The summed E-state index contributed by atoms with van der Waals surface area (Å²) >= 11 is 5.55. The average molecular weight is 436 g/mol. The number of carbonyl (C=O) groups is 1. The van der Waals surface area contributed by atoms with Gasteiger partial charge >= 0.3 is 0 Å². The standard InChI is InChI=1S/C11H12ClNO4S.C6H14O2.C2H4/c1-17-9-3-2-4-10-11(9)8(14)7-13(6-5-12)18(10,15)16;1-4-7-6(3)8-5-2;1-2/h2-4H,5-7H2,1H3;6H,4-5H2,1-3H3;1-2H2. The maximum atomic E-state index is 12.3. The van der Waals surface area contributed by atoms with E-state index in [0.717, 1.165) is 17.5 Å². The zero-order valence-electron chi connectivity index (χ0n) is 16.9. The molecule has 2 rings (SSSR count). The van der Waals surface area contributed by atoms with Crippen molar-refractivity contribution in [2.45, 2.75) is 32.0 Å². The van der Waals surface area contributed by atoms with Crippen LogP contribution in [0.2, 0.25) is 0 Å². The van der Waals surface area contributed by atoms with Crippen LogP contribution in [0.3, 0.4) is 0 Å². The predicted octanol–water partition coefficient (Wildman–Crippen LogP) is 3.33. The van der Waals surface area contributed by atoms with Crippen molar-refractivity contribution in [3.63, 3.8) is 0 Å². The molecule has 0 spiro atoms. The monoisotopic (exact) mass is 435 g/mol. The lowest BCUT2D eigenvalue weighted by molar-refractivity contribution is -0.123. The van der Waals surface area contributed by atoms with E-state index in [9.17, 15) is 13.2 Å². The van der Waals surface area contributed by atoms with Gasteiger partial charge in [0.1, 0.15) is 5.75 Å². The van der Waals surface area contributed by atoms with Crippen molar-refractivity contribution in [1.29, 1.82) is 0 Å². The zero-order chi connectivity index (χ0) is 21.7. The summed E-state index contributed by atoms with van der Waals surface area (Å²) < 4.78 is 40.8. The van der Waals surface area contributed by atoms with Crippen molar-refractivity contribution in [1.82, 2.24) is 4.31 Å². The summed E-state index contributed by atoms with van der Waals surface area (Å²) in [6, 6.07) is 4.53. The Balaban J connectivity index is 0.000000618. The summed E-state index contributed by atoms with van der Waals surface area (Å²) in [6.45, 7) is 13.2. The Hall–Kier alpha value is -1.45. The topological polar surface area (TPSA) is 82.1 Å². The molecule has 28 heavy (non-hydrogen) atoms. The molecular weight excluding hydrogens is 406 g/mol. The molecule has 0 unspecified atom stereocenters. The molecule has 160 valence electrons. The van der Waals surface area contributed by atoms with Gasteiger partial charge in [0.15, 0.2) is 12.1 Å². The summed E-state index contributed by atoms with van der Waals surface area (Å²) in [5, 5.41) is 0. The highest BCUT2D eigenvalue weighted by molar-refractivity contribution is 7.89. The van der Waals surface area contributed by atoms with Crippen LogP contribution in [0.1, 0.15) is 31.1 Å². The van der Waals surface area contributed by atoms with Crippen LogP contribution in [-0.2, 0) is 19.5 Å². The molecular formula is C19H30ClNO6S. The fraction of sp³-hybridized carbons (Fsp3) is 0.526. The minimum absolute atomic E-state index is 0.0109. The minimum atomic E-state index is -3.66. The Morgan fingerprint density at radius 2 is 1.79 bits per heavy atom. The number of ether oxygens (including phenoxy) is 3. The maximum absolute atomic E-state index is 12.3. The van der Waals surface area contributed by atoms with Gasteiger partial charge in [-0.1, -0.05) is 6.07 Å². The minimum Gasteiger partial charge on any atom is -0.496 e. The van der Waals surface area contributed by atoms with Gasteiger partial charge in [-0.05, 0) is 32.9 Å². The number of hydrogen-bond acceptors (Lipinski definition) is 6. The number of sulfonamides is 1. The number of hydrogen-bond donors (Lipinski definition) is 0. The summed E-state index contributed by atoms with van der Waals surface area (Å²) in [5.74, 6) is 0.153. The van der Waals surface area contributed by atoms with Crippen molar-refractivity contribution < 1.29 is 27.4 Å². The Labute approximate surface area is 173 Å². The third-order valence-electron chi connectivity index (χ3n) is 3.56. The number of benzene rings is 1. The first kappa shape index (κ1) is 26.6. The normalized spacial score (nSPS) is 15.0. The molecule has 0 fully saturated rings. The van der Waals surface area contributed by atoms with E-state index in [1.807, 2.05) is 20.8 Å². The molecule has 0 saturated carbocycles.